The van der Waals surface area contributed by atoms with Crippen LogP contribution in [-0.2, 0) is 28.6 Å². The molecule has 0 aliphatic carbocycles. The minimum Gasteiger partial charge on any atom is -0.353 e. The molecule has 0 atom stereocenters. The number of halogens is 3. The molecule has 1 saturated heterocycles. The maximum atomic E-state index is 13.1. The molecule has 1 aliphatic heterocycles. The Labute approximate surface area is 175 Å². The van der Waals surface area contributed by atoms with Crippen molar-refractivity contribution in [2.45, 2.75) is 18.5 Å². The minimum absolute atomic E-state index is 0.0273. The molecule has 2 aromatic heterocycles. The van der Waals surface area contributed by atoms with Crippen molar-refractivity contribution >= 4 is 21.6 Å². The van der Waals surface area contributed by atoms with Crippen molar-refractivity contribution in [1.29, 1.82) is 0 Å². The molecule has 3 heterocycles. The van der Waals surface area contributed by atoms with E-state index in [4.69, 9.17) is 4.55 Å². The lowest BCUT2D eigenvalue weighted by Gasteiger charge is -2.35. The van der Waals surface area contributed by atoms with Crippen LogP contribution in [0.4, 0.5) is 19.0 Å². The number of benzene rings is 1. The van der Waals surface area contributed by atoms with E-state index in [1.165, 1.54) is 6.07 Å². The van der Waals surface area contributed by atoms with E-state index in [-0.39, 0.29) is 5.65 Å². The van der Waals surface area contributed by atoms with E-state index in [1.54, 1.807) is 24.3 Å². The summed E-state index contributed by atoms with van der Waals surface area (Å²) in [4.78, 5) is 4.05. The van der Waals surface area contributed by atoms with Crippen molar-refractivity contribution in [1.82, 2.24) is 24.7 Å². The zero-order valence-electron chi connectivity index (χ0n) is 16.2. The molecule has 1 fully saturated rings. The number of anilines is 1. The van der Waals surface area contributed by atoms with Gasteiger partial charge in [0.25, 0.3) is 15.9 Å². The second kappa shape index (κ2) is 8.05. The number of rotatable bonds is 5. The first-order chi connectivity index (χ1) is 14.6. The van der Waals surface area contributed by atoms with Crippen molar-refractivity contribution < 1.29 is 26.1 Å². The van der Waals surface area contributed by atoms with Crippen LogP contribution in [0.1, 0.15) is 17.0 Å². The Morgan fingerprint density at radius 2 is 1.71 bits per heavy atom. The SMILES string of the molecule is O=S(=O)(O)Cc1cccc(CN2CCN(c3ccc4nnc(C(F)(F)F)n4n3)CC2)c1. The zero-order valence-corrected chi connectivity index (χ0v) is 17.0. The quantitative estimate of drug-likeness (QED) is 0.581. The third kappa shape index (κ3) is 5.11. The third-order valence-electron chi connectivity index (χ3n) is 4.95. The Hall–Kier alpha value is -2.77. The average molecular weight is 456 g/mol. The maximum Gasteiger partial charge on any atom is 0.453 e. The summed E-state index contributed by atoms with van der Waals surface area (Å²) in [6.07, 6.45) is -4.65. The Morgan fingerprint density at radius 1 is 1.00 bits per heavy atom. The molecule has 1 aromatic carbocycles. The fraction of sp³-hybridized carbons (Fsp3) is 0.389. The number of aromatic nitrogens is 4. The molecule has 0 spiro atoms. The fourth-order valence-electron chi connectivity index (χ4n) is 3.55. The van der Waals surface area contributed by atoms with Gasteiger partial charge in [0.15, 0.2) is 5.65 Å². The number of piperazine rings is 1. The fourth-order valence-corrected chi connectivity index (χ4v) is 4.15. The Balaban J connectivity index is 1.42. The van der Waals surface area contributed by atoms with Gasteiger partial charge in [-0.2, -0.15) is 26.1 Å². The van der Waals surface area contributed by atoms with Crippen LogP contribution in [0.5, 0.6) is 0 Å². The Morgan fingerprint density at radius 3 is 2.39 bits per heavy atom. The molecule has 0 amide bonds. The molecule has 0 radical (unpaired) electrons. The molecular weight excluding hydrogens is 437 g/mol. The first kappa shape index (κ1) is 21.5. The highest BCUT2D eigenvalue weighted by atomic mass is 32.2. The second-order valence-electron chi connectivity index (χ2n) is 7.29. The Bertz CT molecular complexity index is 1190. The van der Waals surface area contributed by atoms with Gasteiger partial charge in [-0.15, -0.1) is 15.3 Å². The molecule has 3 aromatic rings. The standard InChI is InChI=1S/C18H19F3N6O3S/c19-18(20,21)17-23-22-15-4-5-16(24-27(15)17)26-8-6-25(7-9-26)11-13-2-1-3-14(10-13)12-31(28,29)30/h1-5,10H,6-9,11-12H2,(H,28,29,30). The van der Waals surface area contributed by atoms with E-state index in [0.29, 0.717) is 48.6 Å². The highest BCUT2D eigenvalue weighted by molar-refractivity contribution is 7.85. The summed E-state index contributed by atoms with van der Waals surface area (Å²) in [5, 5.41) is 10.8. The molecule has 4 rings (SSSR count). The lowest BCUT2D eigenvalue weighted by Crippen LogP contribution is -2.46. The number of nitrogens with zero attached hydrogens (tertiary/aromatic N) is 6. The summed E-state index contributed by atoms with van der Waals surface area (Å²) in [6.45, 7) is 3.01. The number of alkyl halides is 3. The van der Waals surface area contributed by atoms with Gasteiger partial charge in [-0.1, -0.05) is 24.3 Å². The highest BCUT2D eigenvalue weighted by Gasteiger charge is 2.37. The smallest absolute Gasteiger partial charge is 0.353 e. The number of hydrogen-bond acceptors (Lipinski definition) is 7. The van der Waals surface area contributed by atoms with Gasteiger partial charge >= 0.3 is 6.18 Å². The molecule has 9 nitrogen and oxygen atoms in total. The van der Waals surface area contributed by atoms with Gasteiger partial charge in [0.05, 0.1) is 0 Å². The van der Waals surface area contributed by atoms with Gasteiger partial charge in [-0.3, -0.25) is 9.45 Å². The van der Waals surface area contributed by atoms with Gasteiger partial charge in [0, 0.05) is 32.7 Å². The van der Waals surface area contributed by atoms with Gasteiger partial charge < -0.3 is 4.90 Å². The van der Waals surface area contributed by atoms with Gasteiger partial charge in [-0.25, -0.2) is 0 Å². The van der Waals surface area contributed by atoms with Crippen molar-refractivity contribution in [3.05, 3.63) is 53.3 Å². The average Bonchev–Trinajstić information content (AvgIpc) is 3.11. The van der Waals surface area contributed by atoms with Crippen LogP contribution < -0.4 is 4.90 Å². The van der Waals surface area contributed by atoms with Crippen LogP contribution in [0, 0.1) is 0 Å². The molecule has 31 heavy (non-hydrogen) atoms. The lowest BCUT2D eigenvalue weighted by molar-refractivity contribution is -0.146. The normalized spacial score (nSPS) is 16.2. The first-order valence-electron chi connectivity index (χ1n) is 9.38. The molecule has 0 unspecified atom stereocenters. The first-order valence-corrected chi connectivity index (χ1v) is 11.0. The van der Waals surface area contributed by atoms with Crippen molar-refractivity contribution in [3.63, 3.8) is 0 Å². The maximum absolute atomic E-state index is 13.1. The number of hydrogen-bond donors (Lipinski definition) is 1. The van der Waals surface area contributed by atoms with Crippen LogP contribution >= 0.6 is 0 Å². The van der Waals surface area contributed by atoms with E-state index in [1.807, 2.05) is 11.0 Å². The predicted molar refractivity (Wildman–Crippen MR) is 105 cm³/mol. The minimum atomic E-state index is -4.65. The topological polar surface area (TPSA) is 104 Å². The third-order valence-corrected chi connectivity index (χ3v) is 5.64. The summed E-state index contributed by atoms with van der Waals surface area (Å²) in [5.74, 6) is -1.19. The highest BCUT2D eigenvalue weighted by Crippen LogP contribution is 2.28. The van der Waals surface area contributed by atoms with Crippen LogP contribution in [0.25, 0.3) is 5.65 Å². The van der Waals surface area contributed by atoms with Crippen LogP contribution in [0.2, 0.25) is 0 Å². The summed E-state index contributed by atoms with van der Waals surface area (Å²) in [5.41, 5.74) is 1.44. The predicted octanol–water partition coefficient (Wildman–Crippen LogP) is 1.85. The summed E-state index contributed by atoms with van der Waals surface area (Å²) in [6, 6.07) is 10.1. The summed E-state index contributed by atoms with van der Waals surface area (Å²) >= 11 is 0. The molecule has 166 valence electrons. The van der Waals surface area contributed by atoms with Gasteiger partial charge in [0.2, 0.25) is 0 Å². The molecular formula is C18H19F3N6O3S. The van der Waals surface area contributed by atoms with Crippen molar-refractivity contribution in [2.24, 2.45) is 0 Å². The van der Waals surface area contributed by atoms with E-state index in [0.717, 1.165) is 5.56 Å². The lowest BCUT2D eigenvalue weighted by atomic mass is 10.1. The van der Waals surface area contributed by atoms with Gasteiger partial charge in [-0.05, 0) is 23.3 Å². The zero-order chi connectivity index (χ0) is 22.2. The molecule has 0 saturated carbocycles. The van der Waals surface area contributed by atoms with Crippen LogP contribution in [-0.4, -0.2) is 63.9 Å². The number of fused-ring (bicyclic) bond motifs is 1. The summed E-state index contributed by atoms with van der Waals surface area (Å²) < 4.78 is 71.1. The Kier molecular flexibility index (Phi) is 5.58. The largest absolute Gasteiger partial charge is 0.453 e. The van der Waals surface area contributed by atoms with E-state index >= 15 is 0 Å². The van der Waals surface area contributed by atoms with E-state index in [2.05, 4.69) is 20.2 Å². The molecule has 0 bridgehead atoms. The molecule has 13 heteroatoms. The monoisotopic (exact) mass is 456 g/mol. The second-order valence-corrected chi connectivity index (χ2v) is 8.74. The van der Waals surface area contributed by atoms with Crippen molar-refractivity contribution in [2.75, 3.05) is 31.1 Å². The van der Waals surface area contributed by atoms with Gasteiger partial charge in [0.1, 0.15) is 11.6 Å². The summed E-state index contributed by atoms with van der Waals surface area (Å²) in [7, 11) is -4.10. The van der Waals surface area contributed by atoms with Crippen LogP contribution in [0.15, 0.2) is 36.4 Å². The van der Waals surface area contributed by atoms with E-state index in [9.17, 15) is 21.6 Å². The van der Waals surface area contributed by atoms with E-state index < -0.39 is 27.9 Å². The van der Waals surface area contributed by atoms with Crippen molar-refractivity contribution in [3.8, 4) is 0 Å². The molecule has 1 N–H and O–H groups in total. The molecule has 1 aliphatic rings. The van der Waals surface area contributed by atoms with Crippen LogP contribution in [0.3, 0.4) is 0 Å².